The minimum atomic E-state index is -0.907. The topological polar surface area (TPSA) is 76.5 Å². The standard InChI is InChI=1S/C37H44F3N5O3/c1-4-45(18-10-8-11-19-45)17-9-6-5-7-12-20-48-29-13-15-33(32(40)24-29)44-25-31(37(47)41-28-22-26(38)21-27(39)23-28)35(46)30-14-16-34(43(2)3)42-36(30)44/h13-16,21-25H,4-12,17-20H2,1-3H3/p+1. The SMILES string of the molecule is CC[N+]1(CCCCCCCOc2ccc(-n3cc(C(=O)Nc4cc(F)cc(F)c4)c(=O)c4ccc(N(C)C)nc43)c(F)c2)CCCCC1. The van der Waals surface area contributed by atoms with Gasteiger partial charge in [0.1, 0.15) is 28.8 Å². The van der Waals surface area contributed by atoms with Gasteiger partial charge in [-0.2, -0.15) is 0 Å². The molecule has 1 N–H and O–H groups in total. The maximum atomic E-state index is 15.7. The number of amides is 1. The van der Waals surface area contributed by atoms with Crippen LogP contribution in [0.25, 0.3) is 16.7 Å². The van der Waals surface area contributed by atoms with Gasteiger partial charge in [-0.3, -0.25) is 14.2 Å². The molecule has 11 heteroatoms. The summed E-state index contributed by atoms with van der Waals surface area (Å²) in [7, 11) is 3.56. The molecular formula is C37H45F3N5O3+. The summed E-state index contributed by atoms with van der Waals surface area (Å²) in [5.41, 5.74) is -0.997. The smallest absolute Gasteiger partial charge is 0.261 e. The highest BCUT2D eigenvalue weighted by Gasteiger charge is 2.27. The Morgan fingerprint density at radius 1 is 0.938 bits per heavy atom. The van der Waals surface area contributed by atoms with E-state index in [1.807, 2.05) is 0 Å². The molecule has 8 nitrogen and oxygen atoms in total. The molecule has 1 fully saturated rings. The van der Waals surface area contributed by atoms with Crippen LogP contribution in [0.1, 0.15) is 68.6 Å². The molecule has 0 saturated carbocycles. The first kappa shape index (κ1) is 34.9. The van der Waals surface area contributed by atoms with Crippen LogP contribution in [0, 0.1) is 17.5 Å². The van der Waals surface area contributed by atoms with Gasteiger partial charge in [0.25, 0.3) is 5.91 Å². The van der Waals surface area contributed by atoms with Gasteiger partial charge in [0.15, 0.2) is 11.5 Å². The van der Waals surface area contributed by atoms with Crippen molar-refractivity contribution >= 4 is 28.4 Å². The summed E-state index contributed by atoms with van der Waals surface area (Å²) in [5, 5.41) is 2.44. The normalized spacial score (nSPS) is 14.2. The Morgan fingerprint density at radius 2 is 1.65 bits per heavy atom. The maximum absolute atomic E-state index is 15.7. The number of carbonyl (C=O) groups is 1. The molecule has 1 saturated heterocycles. The molecule has 0 unspecified atom stereocenters. The molecule has 0 aliphatic carbocycles. The average Bonchev–Trinajstić information content (AvgIpc) is 3.06. The van der Waals surface area contributed by atoms with Crippen LogP contribution in [-0.4, -0.2) is 66.8 Å². The maximum Gasteiger partial charge on any atom is 0.261 e. The Hall–Kier alpha value is -4.38. The lowest BCUT2D eigenvalue weighted by Crippen LogP contribution is -2.51. The zero-order valence-corrected chi connectivity index (χ0v) is 28.0. The first-order chi connectivity index (χ1) is 23.1. The quantitative estimate of drug-likeness (QED) is 0.112. The number of pyridine rings is 2. The van der Waals surface area contributed by atoms with Gasteiger partial charge in [0, 0.05) is 38.1 Å². The van der Waals surface area contributed by atoms with Crippen molar-refractivity contribution in [3.8, 4) is 11.4 Å². The van der Waals surface area contributed by atoms with E-state index in [0.29, 0.717) is 24.2 Å². The fourth-order valence-electron chi connectivity index (χ4n) is 6.54. The monoisotopic (exact) mass is 664 g/mol. The van der Waals surface area contributed by atoms with Gasteiger partial charge in [-0.15, -0.1) is 0 Å². The van der Waals surface area contributed by atoms with Crippen LogP contribution < -0.4 is 20.4 Å². The highest BCUT2D eigenvalue weighted by Crippen LogP contribution is 2.26. The molecular weight excluding hydrogens is 619 g/mol. The number of piperidine rings is 1. The number of carbonyl (C=O) groups excluding carboxylic acids is 1. The number of ether oxygens (including phenoxy) is 1. The third-order valence-electron chi connectivity index (χ3n) is 9.32. The predicted molar refractivity (Wildman–Crippen MR) is 184 cm³/mol. The molecule has 5 rings (SSSR count). The summed E-state index contributed by atoms with van der Waals surface area (Å²) < 4.78 is 51.7. The molecule has 2 aromatic carbocycles. The second-order valence-electron chi connectivity index (χ2n) is 12.9. The lowest BCUT2D eigenvalue weighted by Gasteiger charge is -2.41. The third-order valence-corrected chi connectivity index (χ3v) is 9.32. The van der Waals surface area contributed by atoms with Crippen LogP contribution in [0.4, 0.5) is 24.7 Å². The number of quaternary nitrogens is 1. The van der Waals surface area contributed by atoms with Crippen LogP contribution in [-0.2, 0) is 0 Å². The zero-order valence-electron chi connectivity index (χ0n) is 28.0. The molecule has 2 aromatic heterocycles. The minimum absolute atomic E-state index is 0.0443. The first-order valence-corrected chi connectivity index (χ1v) is 16.9. The van der Waals surface area contributed by atoms with Crippen molar-refractivity contribution in [2.24, 2.45) is 0 Å². The number of anilines is 2. The van der Waals surface area contributed by atoms with E-state index in [4.69, 9.17) is 4.74 Å². The molecule has 3 heterocycles. The number of hydrogen-bond acceptors (Lipinski definition) is 5. The van der Waals surface area contributed by atoms with Crippen molar-refractivity contribution in [1.82, 2.24) is 9.55 Å². The Bertz CT molecular complexity index is 1780. The number of aromatic nitrogens is 2. The molecule has 0 atom stereocenters. The van der Waals surface area contributed by atoms with Gasteiger partial charge in [0.2, 0.25) is 5.43 Å². The zero-order chi connectivity index (χ0) is 34.3. The first-order valence-electron chi connectivity index (χ1n) is 16.9. The van der Waals surface area contributed by atoms with Crippen molar-refractivity contribution in [3.05, 3.63) is 88.0 Å². The Kier molecular flexibility index (Phi) is 11.4. The Morgan fingerprint density at radius 3 is 2.33 bits per heavy atom. The fraction of sp³-hybridized carbons (Fsp3) is 0.432. The number of nitrogens with zero attached hydrogens (tertiary/aromatic N) is 4. The number of likely N-dealkylation sites (tertiary alicyclic amines) is 1. The lowest BCUT2D eigenvalue weighted by atomic mass is 10.1. The summed E-state index contributed by atoms with van der Waals surface area (Å²) >= 11 is 0. The number of halogens is 3. The summed E-state index contributed by atoms with van der Waals surface area (Å²) in [6.45, 7) is 7.92. The molecule has 48 heavy (non-hydrogen) atoms. The molecule has 0 spiro atoms. The summed E-state index contributed by atoms with van der Waals surface area (Å²) in [6, 6.07) is 10.1. The molecule has 4 aromatic rings. The molecule has 1 aliphatic rings. The number of rotatable bonds is 14. The molecule has 1 amide bonds. The van der Waals surface area contributed by atoms with E-state index in [2.05, 4.69) is 17.2 Å². The molecule has 256 valence electrons. The van der Waals surface area contributed by atoms with Gasteiger partial charge in [-0.1, -0.05) is 12.8 Å². The Labute approximate surface area is 279 Å². The number of nitrogens with one attached hydrogen (secondary N) is 1. The van der Waals surface area contributed by atoms with Crippen molar-refractivity contribution in [1.29, 1.82) is 0 Å². The van der Waals surface area contributed by atoms with Crippen LogP contribution in [0.3, 0.4) is 0 Å². The highest BCUT2D eigenvalue weighted by molar-refractivity contribution is 6.05. The molecule has 0 radical (unpaired) electrons. The average molecular weight is 665 g/mol. The van der Waals surface area contributed by atoms with E-state index in [9.17, 15) is 18.4 Å². The number of fused-ring (bicyclic) bond motifs is 1. The van der Waals surface area contributed by atoms with Gasteiger partial charge >= 0.3 is 0 Å². The van der Waals surface area contributed by atoms with Crippen LogP contribution in [0.5, 0.6) is 5.75 Å². The third kappa shape index (κ3) is 8.36. The van der Waals surface area contributed by atoms with Gasteiger partial charge < -0.3 is 19.4 Å². The van der Waals surface area contributed by atoms with Gasteiger partial charge in [-0.25, -0.2) is 18.2 Å². The van der Waals surface area contributed by atoms with Crippen LogP contribution >= 0.6 is 0 Å². The van der Waals surface area contributed by atoms with E-state index in [0.717, 1.165) is 31.4 Å². The fourth-order valence-corrected chi connectivity index (χ4v) is 6.54. The second-order valence-corrected chi connectivity index (χ2v) is 12.9. The van der Waals surface area contributed by atoms with Crippen molar-refractivity contribution in [2.75, 3.05) is 57.1 Å². The van der Waals surface area contributed by atoms with E-state index in [-0.39, 0.29) is 28.0 Å². The van der Waals surface area contributed by atoms with E-state index in [1.165, 1.54) is 91.7 Å². The summed E-state index contributed by atoms with van der Waals surface area (Å²) in [6.07, 6.45) is 10.8. The van der Waals surface area contributed by atoms with E-state index >= 15 is 4.39 Å². The molecule has 1 aliphatic heterocycles. The highest BCUT2D eigenvalue weighted by atomic mass is 19.1. The van der Waals surface area contributed by atoms with E-state index < -0.39 is 28.8 Å². The number of unbranched alkanes of at least 4 members (excludes halogenated alkanes) is 4. The second kappa shape index (κ2) is 15.7. The van der Waals surface area contributed by atoms with Gasteiger partial charge in [0.05, 0.1) is 43.9 Å². The van der Waals surface area contributed by atoms with Gasteiger partial charge in [-0.05, 0) is 81.8 Å². The van der Waals surface area contributed by atoms with Crippen LogP contribution in [0.2, 0.25) is 0 Å². The van der Waals surface area contributed by atoms with E-state index in [1.54, 1.807) is 31.1 Å². The van der Waals surface area contributed by atoms with Crippen LogP contribution in [0.15, 0.2) is 59.5 Å². The predicted octanol–water partition coefficient (Wildman–Crippen LogP) is 7.47. The van der Waals surface area contributed by atoms with Crippen molar-refractivity contribution < 1.29 is 27.2 Å². The lowest BCUT2D eigenvalue weighted by molar-refractivity contribution is -0.931. The Balaban J connectivity index is 1.28. The summed E-state index contributed by atoms with van der Waals surface area (Å²) in [4.78, 5) is 33.0. The number of hydrogen-bond donors (Lipinski definition) is 1. The minimum Gasteiger partial charge on any atom is -0.493 e. The summed E-state index contributed by atoms with van der Waals surface area (Å²) in [5.74, 6) is -2.44. The molecule has 0 bridgehead atoms. The number of benzene rings is 2. The van der Waals surface area contributed by atoms with Crippen molar-refractivity contribution in [3.63, 3.8) is 0 Å². The van der Waals surface area contributed by atoms with Crippen molar-refractivity contribution in [2.45, 2.75) is 58.3 Å². The largest absolute Gasteiger partial charge is 0.493 e.